The molecule has 0 amide bonds. The molecule has 0 atom stereocenters. The average Bonchev–Trinajstić information content (AvgIpc) is 3.21. The fourth-order valence-corrected chi connectivity index (χ4v) is 5.76. The van der Waals surface area contributed by atoms with Gasteiger partial charge >= 0.3 is 0 Å². The average molecular weight is 745 g/mol. The Morgan fingerprint density at radius 3 is 1.20 bits per heavy atom. The number of benzene rings is 4. The summed E-state index contributed by atoms with van der Waals surface area (Å²) < 4.78 is 56.5. The molecule has 12 nitrogen and oxygen atoms in total. The van der Waals surface area contributed by atoms with Gasteiger partial charge in [0.2, 0.25) is 11.5 Å². The highest BCUT2D eigenvalue weighted by Gasteiger charge is 2.17. The Balaban J connectivity index is 1.60. The highest BCUT2D eigenvalue weighted by Crippen LogP contribution is 2.40. The molecule has 0 radical (unpaired) electrons. The van der Waals surface area contributed by atoms with Crippen molar-refractivity contribution in [3.8, 4) is 69.3 Å². The number of rotatable bonds is 19. The zero-order valence-electron chi connectivity index (χ0n) is 32.0. The van der Waals surface area contributed by atoms with E-state index in [0.717, 1.165) is 22.3 Å². The lowest BCUT2D eigenvalue weighted by molar-refractivity contribution is 0.280. The molecule has 0 saturated heterocycles. The lowest BCUT2D eigenvalue weighted by atomic mass is 9.95. The van der Waals surface area contributed by atoms with E-state index in [1.54, 1.807) is 56.9 Å². The van der Waals surface area contributed by atoms with Crippen molar-refractivity contribution >= 4 is 0 Å². The van der Waals surface area contributed by atoms with Gasteiger partial charge in [-0.2, -0.15) is 0 Å². The third kappa shape index (κ3) is 10.2. The van der Waals surface area contributed by atoms with Crippen molar-refractivity contribution in [1.82, 2.24) is 0 Å². The minimum absolute atomic E-state index is 0.187. The summed E-state index contributed by atoms with van der Waals surface area (Å²) in [6.07, 6.45) is 0.713. The molecule has 12 heteroatoms. The molecule has 0 heterocycles. The second-order valence-electron chi connectivity index (χ2n) is 11.7. The van der Waals surface area contributed by atoms with E-state index < -0.39 is 0 Å². The number of hydrogen-bond acceptors (Lipinski definition) is 12. The van der Waals surface area contributed by atoms with Gasteiger partial charge < -0.3 is 57.6 Å². The van der Waals surface area contributed by atoms with Crippen molar-refractivity contribution in [2.24, 2.45) is 0 Å². The van der Waals surface area contributed by atoms with Crippen LogP contribution in [0.25, 0.3) is 0 Å². The van der Waals surface area contributed by atoms with E-state index in [9.17, 15) is 10.2 Å². The molecule has 4 aromatic rings. The van der Waals surface area contributed by atoms with Crippen LogP contribution in [0.3, 0.4) is 0 Å². The van der Waals surface area contributed by atoms with Crippen molar-refractivity contribution in [2.45, 2.75) is 26.1 Å². The lowest BCUT2D eigenvalue weighted by Gasteiger charge is -2.17. The summed E-state index contributed by atoms with van der Waals surface area (Å²) in [6.45, 7) is -0.222. The number of methoxy groups -OCH3 is 8. The van der Waals surface area contributed by atoms with Crippen molar-refractivity contribution in [3.05, 3.63) is 94.1 Å². The van der Waals surface area contributed by atoms with Crippen LogP contribution in [0.4, 0.5) is 0 Å². The predicted molar refractivity (Wildman–Crippen MR) is 203 cm³/mol. The van der Waals surface area contributed by atoms with Gasteiger partial charge in [0, 0.05) is 12.0 Å². The molecule has 4 aromatic carbocycles. The van der Waals surface area contributed by atoms with Gasteiger partial charge in [-0.3, -0.25) is 0 Å². The van der Waals surface area contributed by atoms with Gasteiger partial charge in [-0.05, 0) is 82.8 Å². The van der Waals surface area contributed by atoms with Gasteiger partial charge in [-0.15, -0.1) is 0 Å². The minimum atomic E-state index is -0.338. The topological polar surface area (TPSA) is 133 Å². The molecular formula is C42H48O12. The summed E-state index contributed by atoms with van der Waals surface area (Å²) in [5, 5.41) is 20.2. The molecule has 0 saturated carbocycles. The van der Waals surface area contributed by atoms with E-state index in [2.05, 4.69) is 11.8 Å². The van der Waals surface area contributed by atoms with E-state index in [1.807, 2.05) is 60.7 Å². The van der Waals surface area contributed by atoms with Crippen molar-refractivity contribution < 1.29 is 57.6 Å². The number of aliphatic hydroxyl groups is 2. The van der Waals surface area contributed by atoms with Crippen LogP contribution in [0, 0.1) is 11.8 Å². The van der Waals surface area contributed by atoms with E-state index >= 15 is 0 Å². The number of allylic oxidation sites excluding steroid dienone is 1. The van der Waals surface area contributed by atoms with Crippen LogP contribution in [0.2, 0.25) is 0 Å². The maximum Gasteiger partial charge on any atom is 0.203 e. The van der Waals surface area contributed by atoms with E-state index in [-0.39, 0.29) is 26.4 Å². The second kappa shape index (κ2) is 20.4. The smallest absolute Gasteiger partial charge is 0.203 e. The standard InChI is InChI=1S/C42H48O12/c1-45-33-13-11-27(18-35(33)53-25-29-20-37(47-3)41(51-7)38(21-29)48-4)16-31(10-9-15-43)32(24-44)17-28-12-14-34(46-2)36(19-28)54-26-30-22-39(49-5)42(52-8)40(23-30)50-6/h11-14,18-23,43-44H,15-17,24-26H2,1-8H3/b32-31-. The molecule has 0 spiro atoms. The Hall–Kier alpha value is -5.90. The lowest BCUT2D eigenvalue weighted by Crippen LogP contribution is -2.05. The number of ether oxygens (including phenoxy) is 10. The number of aliphatic hydroxyl groups excluding tert-OH is 2. The Morgan fingerprint density at radius 2 is 0.852 bits per heavy atom. The van der Waals surface area contributed by atoms with Gasteiger partial charge in [0.15, 0.2) is 46.0 Å². The SMILES string of the molecule is COc1ccc(C/C(C#CCO)=C(\CO)Cc2ccc(OC)c(OCc3cc(OC)c(OC)c(OC)c3)c2)cc1OCc1cc(OC)c(OC)c(OC)c1. The van der Waals surface area contributed by atoms with Crippen molar-refractivity contribution in [1.29, 1.82) is 0 Å². The molecule has 0 aromatic heterocycles. The molecule has 0 fully saturated rings. The fourth-order valence-electron chi connectivity index (χ4n) is 5.76. The van der Waals surface area contributed by atoms with Crippen LogP contribution in [-0.2, 0) is 26.1 Å². The van der Waals surface area contributed by atoms with E-state index in [1.165, 1.54) is 0 Å². The Morgan fingerprint density at radius 1 is 0.463 bits per heavy atom. The third-order valence-electron chi connectivity index (χ3n) is 8.43. The first-order valence-corrected chi connectivity index (χ1v) is 16.9. The normalized spacial score (nSPS) is 11.0. The van der Waals surface area contributed by atoms with Crippen LogP contribution in [-0.4, -0.2) is 80.3 Å². The summed E-state index contributed by atoms with van der Waals surface area (Å²) in [4.78, 5) is 0. The summed E-state index contributed by atoms with van der Waals surface area (Å²) in [7, 11) is 12.5. The van der Waals surface area contributed by atoms with Crippen LogP contribution < -0.4 is 47.4 Å². The molecule has 288 valence electrons. The van der Waals surface area contributed by atoms with Gasteiger partial charge in [0.1, 0.15) is 19.8 Å². The molecule has 0 aliphatic carbocycles. The zero-order valence-corrected chi connectivity index (χ0v) is 32.0. The maximum absolute atomic E-state index is 10.6. The van der Waals surface area contributed by atoms with Crippen LogP contribution in [0.1, 0.15) is 22.3 Å². The molecule has 0 unspecified atom stereocenters. The molecule has 0 aliphatic heterocycles. The number of hydrogen-bond donors (Lipinski definition) is 2. The van der Waals surface area contributed by atoms with E-state index in [0.29, 0.717) is 81.5 Å². The highest BCUT2D eigenvalue weighted by molar-refractivity contribution is 5.55. The Kier molecular flexibility index (Phi) is 15.4. The molecule has 4 rings (SSSR count). The third-order valence-corrected chi connectivity index (χ3v) is 8.43. The summed E-state index contributed by atoms with van der Waals surface area (Å²) in [5.74, 6) is 10.9. The van der Waals surface area contributed by atoms with Gasteiger partial charge in [0.05, 0.1) is 63.5 Å². The second-order valence-corrected chi connectivity index (χ2v) is 11.7. The highest BCUT2D eigenvalue weighted by atomic mass is 16.5. The van der Waals surface area contributed by atoms with E-state index in [4.69, 9.17) is 47.4 Å². The summed E-state index contributed by atoms with van der Waals surface area (Å²) >= 11 is 0. The Bertz CT molecular complexity index is 1910. The van der Waals surface area contributed by atoms with Crippen molar-refractivity contribution in [3.63, 3.8) is 0 Å². The monoisotopic (exact) mass is 744 g/mol. The van der Waals surface area contributed by atoms with Gasteiger partial charge in [0.25, 0.3) is 0 Å². The molecule has 2 N–H and O–H groups in total. The van der Waals surface area contributed by atoms with Crippen LogP contribution in [0.5, 0.6) is 57.5 Å². The quantitative estimate of drug-likeness (QED) is 0.110. The summed E-state index contributed by atoms with van der Waals surface area (Å²) in [6, 6.07) is 18.5. The van der Waals surface area contributed by atoms with Crippen molar-refractivity contribution in [2.75, 3.05) is 70.1 Å². The Labute approximate surface area is 316 Å². The van der Waals surface area contributed by atoms with Crippen LogP contribution >= 0.6 is 0 Å². The van der Waals surface area contributed by atoms with Gasteiger partial charge in [-0.25, -0.2) is 0 Å². The maximum atomic E-state index is 10.6. The predicted octanol–water partition coefficient (Wildman–Crippen LogP) is 5.98. The molecule has 54 heavy (non-hydrogen) atoms. The largest absolute Gasteiger partial charge is 0.493 e. The van der Waals surface area contributed by atoms with Gasteiger partial charge in [-0.1, -0.05) is 24.0 Å². The first kappa shape index (κ1) is 40.9. The molecule has 0 aliphatic rings. The summed E-state index contributed by atoms with van der Waals surface area (Å²) in [5.41, 5.74) is 4.62. The van der Waals surface area contributed by atoms with Crippen LogP contribution in [0.15, 0.2) is 71.8 Å². The molecular weight excluding hydrogens is 696 g/mol. The minimum Gasteiger partial charge on any atom is -0.493 e. The first-order chi connectivity index (χ1) is 26.3. The first-order valence-electron chi connectivity index (χ1n) is 16.9. The molecule has 0 bridgehead atoms. The fraction of sp³-hybridized carbons (Fsp3) is 0.333. The zero-order chi connectivity index (χ0) is 39.0.